The highest BCUT2D eigenvalue weighted by molar-refractivity contribution is 5.80. The Bertz CT molecular complexity index is 191. The van der Waals surface area contributed by atoms with E-state index in [0.29, 0.717) is 12.5 Å². The normalized spacial score (nSPS) is 22.7. The van der Waals surface area contributed by atoms with Crippen LogP contribution in [0.4, 0.5) is 0 Å². The van der Waals surface area contributed by atoms with Crippen LogP contribution >= 0.6 is 0 Å². The van der Waals surface area contributed by atoms with Gasteiger partial charge in [-0.1, -0.05) is 6.92 Å². The molecule has 0 aromatic rings. The maximum absolute atomic E-state index is 11.5. The number of ether oxygens (including phenoxy) is 1. The van der Waals surface area contributed by atoms with Gasteiger partial charge in [-0.3, -0.25) is 4.79 Å². The molecule has 0 aliphatic carbocycles. The van der Waals surface area contributed by atoms with Gasteiger partial charge in [-0.25, -0.2) is 0 Å². The van der Waals surface area contributed by atoms with Crippen LogP contribution in [0.15, 0.2) is 0 Å². The highest BCUT2D eigenvalue weighted by Crippen LogP contribution is 2.08. The van der Waals surface area contributed by atoms with Crippen molar-refractivity contribution in [3.8, 4) is 0 Å². The summed E-state index contributed by atoms with van der Waals surface area (Å²) in [6.45, 7) is 7.36. The first-order chi connectivity index (χ1) is 7.24. The Balaban J connectivity index is 2.10. The number of amides is 1. The molecule has 1 aliphatic heterocycles. The summed E-state index contributed by atoms with van der Waals surface area (Å²) in [5.74, 6) is 0.578. The summed E-state index contributed by atoms with van der Waals surface area (Å²) in [5, 5.41) is 6.11. The average Bonchev–Trinajstić information content (AvgIpc) is 2.75. The zero-order chi connectivity index (χ0) is 11.1. The van der Waals surface area contributed by atoms with Gasteiger partial charge in [-0.05, 0) is 32.2 Å². The molecule has 1 heterocycles. The van der Waals surface area contributed by atoms with Crippen LogP contribution in [0, 0.1) is 5.92 Å². The summed E-state index contributed by atoms with van der Waals surface area (Å²) < 4.78 is 5.53. The largest absolute Gasteiger partial charge is 0.368 e. The Labute approximate surface area is 91.8 Å². The minimum absolute atomic E-state index is 0.00260. The van der Waals surface area contributed by atoms with E-state index in [1.54, 1.807) is 0 Å². The Morgan fingerprint density at radius 3 is 3.07 bits per heavy atom. The second-order valence-electron chi connectivity index (χ2n) is 4.13. The molecule has 1 aliphatic rings. The fourth-order valence-corrected chi connectivity index (χ4v) is 1.60. The first-order valence-electron chi connectivity index (χ1n) is 5.84. The van der Waals surface area contributed by atoms with Crippen molar-refractivity contribution in [1.82, 2.24) is 10.6 Å². The number of rotatable bonds is 6. The highest BCUT2D eigenvalue weighted by Gasteiger charge is 2.18. The third-order valence-electron chi connectivity index (χ3n) is 2.66. The molecular formula is C11H22N2O2. The lowest BCUT2D eigenvalue weighted by Crippen LogP contribution is -2.35. The Kier molecular flexibility index (Phi) is 5.65. The minimum atomic E-state index is -0.322. The van der Waals surface area contributed by atoms with Gasteiger partial charge in [-0.15, -0.1) is 0 Å². The SMILES string of the molecule is CCCNC(=O)C(C)OCC1CCNC1. The molecule has 0 aromatic heterocycles. The summed E-state index contributed by atoms with van der Waals surface area (Å²) in [6, 6.07) is 0. The van der Waals surface area contributed by atoms with Gasteiger partial charge in [0.2, 0.25) is 5.91 Å². The average molecular weight is 214 g/mol. The summed E-state index contributed by atoms with van der Waals surface area (Å²) in [7, 11) is 0. The van der Waals surface area contributed by atoms with Crippen LogP contribution in [-0.2, 0) is 9.53 Å². The van der Waals surface area contributed by atoms with Crippen LogP contribution in [0.3, 0.4) is 0 Å². The molecule has 0 saturated carbocycles. The lowest BCUT2D eigenvalue weighted by Gasteiger charge is -2.15. The molecule has 0 aromatic carbocycles. The van der Waals surface area contributed by atoms with Crippen LogP contribution < -0.4 is 10.6 Å². The number of carbonyl (C=O) groups excluding carboxylic acids is 1. The number of nitrogens with one attached hydrogen (secondary N) is 2. The second kappa shape index (κ2) is 6.80. The quantitative estimate of drug-likeness (QED) is 0.678. The molecule has 0 radical (unpaired) electrons. The van der Waals surface area contributed by atoms with E-state index in [-0.39, 0.29) is 12.0 Å². The van der Waals surface area contributed by atoms with Gasteiger partial charge in [0.25, 0.3) is 0 Å². The summed E-state index contributed by atoms with van der Waals surface area (Å²) in [6.07, 6.45) is 1.80. The maximum atomic E-state index is 11.5. The molecule has 0 spiro atoms. The van der Waals surface area contributed by atoms with Crippen LogP contribution in [0.5, 0.6) is 0 Å². The lowest BCUT2D eigenvalue weighted by molar-refractivity contribution is -0.132. The molecule has 2 atom stereocenters. The smallest absolute Gasteiger partial charge is 0.248 e. The monoisotopic (exact) mass is 214 g/mol. The van der Waals surface area contributed by atoms with Crippen LogP contribution in [-0.4, -0.2) is 38.3 Å². The van der Waals surface area contributed by atoms with Crippen LogP contribution in [0.1, 0.15) is 26.7 Å². The molecule has 1 fully saturated rings. The van der Waals surface area contributed by atoms with E-state index in [1.807, 2.05) is 13.8 Å². The molecular weight excluding hydrogens is 192 g/mol. The van der Waals surface area contributed by atoms with Crippen molar-refractivity contribution in [2.24, 2.45) is 5.92 Å². The lowest BCUT2D eigenvalue weighted by atomic mass is 10.1. The molecule has 1 amide bonds. The zero-order valence-corrected chi connectivity index (χ0v) is 9.71. The van der Waals surface area contributed by atoms with E-state index < -0.39 is 0 Å². The van der Waals surface area contributed by atoms with Gasteiger partial charge in [0.05, 0.1) is 6.61 Å². The Morgan fingerprint density at radius 1 is 1.67 bits per heavy atom. The molecule has 0 bridgehead atoms. The van der Waals surface area contributed by atoms with Gasteiger partial charge in [0.1, 0.15) is 6.10 Å². The second-order valence-corrected chi connectivity index (χ2v) is 4.13. The van der Waals surface area contributed by atoms with Crippen LogP contribution in [0.2, 0.25) is 0 Å². The standard InChI is InChI=1S/C11H22N2O2/c1-3-5-13-11(14)9(2)15-8-10-4-6-12-7-10/h9-10,12H,3-8H2,1-2H3,(H,13,14). The molecule has 1 saturated heterocycles. The van der Waals surface area contributed by atoms with Gasteiger partial charge >= 0.3 is 0 Å². The third-order valence-corrected chi connectivity index (χ3v) is 2.66. The van der Waals surface area contributed by atoms with Crippen LogP contribution in [0.25, 0.3) is 0 Å². The fraction of sp³-hybridized carbons (Fsp3) is 0.909. The van der Waals surface area contributed by atoms with E-state index in [0.717, 1.165) is 32.5 Å². The van der Waals surface area contributed by atoms with E-state index in [1.165, 1.54) is 0 Å². The summed E-state index contributed by atoms with van der Waals surface area (Å²) >= 11 is 0. The molecule has 4 heteroatoms. The fourth-order valence-electron chi connectivity index (χ4n) is 1.60. The Morgan fingerprint density at radius 2 is 2.47 bits per heavy atom. The number of hydrogen-bond acceptors (Lipinski definition) is 3. The topological polar surface area (TPSA) is 50.4 Å². The third kappa shape index (κ3) is 4.62. The number of hydrogen-bond donors (Lipinski definition) is 2. The van der Waals surface area contributed by atoms with E-state index in [9.17, 15) is 4.79 Å². The van der Waals surface area contributed by atoms with E-state index >= 15 is 0 Å². The maximum Gasteiger partial charge on any atom is 0.248 e. The Hall–Kier alpha value is -0.610. The highest BCUT2D eigenvalue weighted by atomic mass is 16.5. The first kappa shape index (κ1) is 12.5. The molecule has 1 rings (SSSR count). The van der Waals surface area contributed by atoms with Crippen molar-refractivity contribution in [1.29, 1.82) is 0 Å². The molecule has 2 unspecified atom stereocenters. The van der Waals surface area contributed by atoms with Crippen molar-refractivity contribution in [2.45, 2.75) is 32.8 Å². The zero-order valence-electron chi connectivity index (χ0n) is 9.71. The van der Waals surface area contributed by atoms with Crippen molar-refractivity contribution in [2.75, 3.05) is 26.2 Å². The molecule has 2 N–H and O–H groups in total. The van der Waals surface area contributed by atoms with Gasteiger partial charge in [0.15, 0.2) is 0 Å². The predicted molar refractivity (Wildman–Crippen MR) is 59.7 cm³/mol. The molecule has 4 nitrogen and oxygen atoms in total. The van der Waals surface area contributed by atoms with Crippen molar-refractivity contribution in [3.05, 3.63) is 0 Å². The van der Waals surface area contributed by atoms with Gasteiger partial charge < -0.3 is 15.4 Å². The van der Waals surface area contributed by atoms with Crippen molar-refractivity contribution < 1.29 is 9.53 Å². The number of carbonyl (C=O) groups is 1. The summed E-state index contributed by atoms with van der Waals surface area (Å²) in [4.78, 5) is 11.5. The molecule has 15 heavy (non-hydrogen) atoms. The summed E-state index contributed by atoms with van der Waals surface area (Å²) in [5.41, 5.74) is 0. The minimum Gasteiger partial charge on any atom is -0.368 e. The van der Waals surface area contributed by atoms with Gasteiger partial charge in [0, 0.05) is 13.1 Å². The van der Waals surface area contributed by atoms with Crippen molar-refractivity contribution >= 4 is 5.91 Å². The van der Waals surface area contributed by atoms with Gasteiger partial charge in [-0.2, -0.15) is 0 Å². The van der Waals surface area contributed by atoms with E-state index in [4.69, 9.17) is 4.74 Å². The van der Waals surface area contributed by atoms with Crippen molar-refractivity contribution in [3.63, 3.8) is 0 Å². The first-order valence-corrected chi connectivity index (χ1v) is 5.84. The molecule has 88 valence electrons. The van der Waals surface area contributed by atoms with E-state index in [2.05, 4.69) is 10.6 Å². The predicted octanol–water partition coefficient (Wildman–Crippen LogP) is 0.527.